The number of aromatic nitrogens is 4. The van der Waals surface area contributed by atoms with E-state index in [1.54, 1.807) is 7.11 Å². The Balaban J connectivity index is 1.53. The van der Waals surface area contributed by atoms with E-state index in [0.717, 1.165) is 22.2 Å². The molecule has 8 heteroatoms. The number of thioether (sulfide) groups is 1. The van der Waals surface area contributed by atoms with Crippen molar-refractivity contribution in [2.75, 3.05) is 12.4 Å². The molecule has 32 heavy (non-hydrogen) atoms. The molecule has 0 bridgehead atoms. The Morgan fingerprint density at radius 1 is 1.09 bits per heavy atom. The highest BCUT2D eigenvalue weighted by Gasteiger charge is 2.26. The number of benzene rings is 3. The maximum atomic E-state index is 13.5. The number of H-pyrrole nitrogens is 1. The molecule has 0 aliphatic rings. The predicted octanol–water partition coefficient (Wildman–Crippen LogP) is 5.00. The molecule has 1 unspecified atom stereocenters. The van der Waals surface area contributed by atoms with Crippen molar-refractivity contribution in [2.24, 2.45) is 0 Å². The van der Waals surface area contributed by atoms with Gasteiger partial charge in [-0.15, -0.1) is 5.10 Å². The Labute approximate surface area is 188 Å². The van der Waals surface area contributed by atoms with E-state index < -0.39 is 5.25 Å². The number of aromatic amines is 1. The summed E-state index contributed by atoms with van der Waals surface area (Å²) in [5, 5.41) is 10.6. The third kappa shape index (κ3) is 3.69. The molecular weight excluding hydrogens is 422 g/mol. The molecule has 5 rings (SSSR count). The zero-order valence-corrected chi connectivity index (χ0v) is 18.4. The van der Waals surface area contributed by atoms with Gasteiger partial charge in [0.05, 0.1) is 23.8 Å². The van der Waals surface area contributed by atoms with Gasteiger partial charge in [-0.1, -0.05) is 60.3 Å². The number of aryl methyl sites for hydroxylation is 1. The quantitative estimate of drug-likeness (QED) is 0.361. The standard InChI is InChI=1S/C24H21N5O2S/c1-15-12-13-20(31-2)18(14-15)25-22(30)21(16-8-4-3-5-9-16)32-24-28-27-23-26-17-10-6-7-11-19(17)29(23)24/h3-14,21H,1-2H3,(H,25,30)(H,26,27). The van der Waals surface area contributed by atoms with E-state index in [0.29, 0.717) is 22.4 Å². The summed E-state index contributed by atoms with van der Waals surface area (Å²) < 4.78 is 7.38. The van der Waals surface area contributed by atoms with Crippen LogP contribution in [-0.2, 0) is 4.79 Å². The molecule has 0 saturated heterocycles. The summed E-state index contributed by atoms with van der Waals surface area (Å²) in [6.45, 7) is 1.98. The van der Waals surface area contributed by atoms with Crippen molar-refractivity contribution in [3.05, 3.63) is 83.9 Å². The lowest BCUT2D eigenvalue weighted by atomic mass is 10.1. The van der Waals surface area contributed by atoms with Gasteiger partial charge in [-0.2, -0.15) is 0 Å². The van der Waals surface area contributed by atoms with Gasteiger partial charge in [0.25, 0.3) is 0 Å². The summed E-state index contributed by atoms with van der Waals surface area (Å²) in [6.07, 6.45) is 0. The second-order valence-electron chi connectivity index (χ2n) is 7.37. The number of nitrogens with zero attached hydrogens (tertiary/aromatic N) is 3. The topological polar surface area (TPSA) is 84.3 Å². The highest BCUT2D eigenvalue weighted by molar-refractivity contribution is 8.00. The summed E-state index contributed by atoms with van der Waals surface area (Å²) >= 11 is 1.37. The Morgan fingerprint density at radius 2 is 1.88 bits per heavy atom. The van der Waals surface area contributed by atoms with E-state index in [1.165, 1.54) is 11.8 Å². The number of carbonyl (C=O) groups excluding carboxylic acids is 1. The van der Waals surface area contributed by atoms with Crippen LogP contribution in [0.1, 0.15) is 16.4 Å². The number of anilines is 1. The van der Waals surface area contributed by atoms with Crippen LogP contribution >= 0.6 is 11.8 Å². The number of para-hydroxylation sites is 2. The Kier molecular flexibility index (Phi) is 5.28. The minimum atomic E-state index is -0.533. The van der Waals surface area contributed by atoms with Crippen LogP contribution in [0.2, 0.25) is 0 Å². The highest BCUT2D eigenvalue weighted by atomic mass is 32.2. The second kappa shape index (κ2) is 8.39. The van der Waals surface area contributed by atoms with Crippen molar-refractivity contribution < 1.29 is 9.53 Å². The third-order valence-corrected chi connectivity index (χ3v) is 6.39. The molecule has 3 aromatic carbocycles. The summed E-state index contributed by atoms with van der Waals surface area (Å²) in [6, 6.07) is 23.2. The smallest absolute Gasteiger partial charge is 0.242 e. The molecule has 1 atom stereocenters. The number of carbonyl (C=O) groups is 1. The molecule has 2 aromatic heterocycles. The molecule has 0 aliphatic heterocycles. The normalized spacial score (nSPS) is 12.2. The summed E-state index contributed by atoms with van der Waals surface area (Å²) in [5.74, 6) is 1.09. The fraction of sp³-hybridized carbons (Fsp3) is 0.125. The van der Waals surface area contributed by atoms with Crippen LogP contribution < -0.4 is 10.1 Å². The monoisotopic (exact) mass is 443 g/mol. The van der Waals surface area contributed by atoms with E-state index >= 15 is 0 Å². The summed E-state index contributed by atoms with van der Waals surface area (Å²) in [5.41, 5.74) is 4.35. The number of methoxy groups -OCH3 is 1. The average molecular weight is 444 g/mol. The van der Waals surface area contributed by atoms with Gasteiger partial charge in [0.15, 0.2) is 5.16 Å². The summed E-state index contributed by atoms with van der Waals surface area (Å²) in [7, 11) is 1.59. The number of amides is 1. The van der Waals surface area contributed by atoms with Crippen LogP contribution in [0.25, 0.3) is 16.8 Å². The molecule has 0 aliphatic carbocycles. The number of hydrogen-bond acceptors (Lipinski definition) is 5. The molecule has 2 N–H and O–H groups in total. The third-order valence-electron chi connectivity index (χ3n) is 5.18. The van der Waals surface area contributed by atoms with Crippen molar-refractivity contribution >= 4 is 40.2 Å². The van der Waals surface area contributed by atoms with E-state index in [9.17, 15) is 4.79 Å². The van der Waals surface area contributed by atoms with E-state index in [2.05, 4.69) is 20.5 Å². The minimum Gasteiger partial charge on any atom is -0.495 e. The fourth-order valence-corrected chi connectivity index (χ4v) is 4.70. The number of fused-ring (bicyclic) bond motifs is 3. The minimum absolute atomic E-state index is 0.161. The largest absolute Gasteiger partial charge is 0.495 e. The Bertz CT molecular complexity index is 1410. The molecule has 7 nitrogen and oxygen atoms in total. The van der Waals surface area contributed by atoms with Crippen LogP contribution in [-0.4, -0.2) is 32.6 Å². The number of ether oxygens (including phenoxy) is 1. The van der Waals surface area contributed by atoms with Crippen molar-refractivity contribution in [1.29, 1.82) is 0 Å². The highest BCUT2D eigenvalue weighted by Crippen LogP contribution is 2.37. The maximum Gasteiger partial charge on any atom is 0.242 e. The van der Waals surface area contributed by atoms with E-state index in [-0.39, 0.29) is 5.91 Å². The molecular formula is C24H21N5O2S. The van der Waals surface area contributed by atoms with Gasteiger partial charge in [-0.3, -0.25) is 9.20 Å². The Hall–Kier alpha value is -3.78. The first-order chi connectivity index (χ1) is 15.6. The van der Waals surface area contributed by atoms with Crippen molar-refractivity contribution in [3.63, 3.8) is 0 Å². The van der Waals surface area contributed by atoms with E-state index in [1.807, 2.05) is 84.1 Å². The van der Waals surface area contributed by atoms with Gasteiger partial charge in [-0.25, -0.2) is 10.1 Å². The Morgan fingerprint density at radius 3 is 2.69 bits per heavy atom. The average Bonchev–Trinajstić information content (AvgIpc) is 3.37. The second-order valence-corrected chi connectivity index (χ2v) is 8.44. The van der Waals surface area contributed by atoms with Crippen molar-refractivity contribution in [1.82, 2.24) is 19.6 Å². The van der Waals surface area contributed by atoms with E-state index in [4.69, 9.17) is 4.74 Å². The molecule has 5 aromatic rings. The van der Waals surface area contributed by atoms with Crippen molar-refractivity contribution in [3.8, 4) is 5.75 Å². The lowest BCUT2D eigenvalue weighted by Gasteiger charge is -2.17. The van der Waals surface area contributed by atoms with Gasteiger partial charge in [0, 0.05) is 0 Å². The molecule has 0 saturated carbocycles. The van der Waals surface area contributed by atoms with Crippen LogP contribution in [0.15, 0.2) is 78.0 Å². The van der Waals surface area contributed by atoms with Gasteiger partial charge >= 0.3 is 0 Å². The van der Waals surface area contributed by atoms with Crippen LogP contribution in [0.4, 0.5) is 5.69 Å². The molecule has 0 radical (unpaired) electrons. The molecule has 0 spiro atoms. The van der Waals surface area contributed by atoms with Crippen LogP contribution in [0, 0.1) is 6.92 Å². The number of hydrogen-bond donors (Lipinski definition) is 2. The number of imidazole rings is 1. The van der Waals surface area contributed by atoms with Gasteiger partial charge in [0.1, 0.15) is 11.0 Å². The lowest BCUT2D eigenvalue weighted by Crippen LogP contribution is -2.20. The molecule has 2 heterocycles. The number of nitrogens with one attached hydrogen (secondary N) is 2. The molecule has 0 fully saturated rings. The first-order valence-corrected chi connectivity index (χ1v) is 11.0. The van der Waals surface area contributed by atoms with Crippen LogP contribution in [0.5, 0.6) is 5.75 Å². The van der Waals surface area contributed by atoms with Gasteiger partial charge < -0.3 is 10.1 Å². The zero-order valence-electron chi connectivity index (χ0n) is 17.6. The van der Waals surface area contributed by atoms with Gasteiger partial charge in [0.2, 0.25) is 11.7 Å². The van der Waals surface area contributed by atoms with Crippen LogP contribution in [0.3, 0.4) is 0 Å². The first kappa shape index (κ1) is 20.1. The lowest BCUT2D eigenvalue weighted by molar-refractivity contribution is -0.115. The van der Waals surface area contributed by atoms with Crippen molar-refractivity contribution in [2.45, 2.75) is 17.3 Å². The predicted molar refractivity (Wildman–Crippen MR) is 126 cm³/mol. The first-order valence-electron chi connectivity index (χ1n) is 10.1. The van der Waals surface area contributed by atoms with Gasteiger partial charge in [-0.05, 0) is 42.3 Å². The fourth-order valence-electron chi connectivity index (χ4n) is 3.65. The number of rotatable bonds is 6. The zero-order chi connectivity index (χ0) is 22.1. The SMILES string of the molecule is COc1ccc(C)cc1NC(=O)C(Sc1n[nH]c2nc3ccccc3n12)c1ccccc1. The molecule has 160 valence electrons. The molecule has 1 amide bonds. The summed E-state index contributed by atoms with van der Waals surface area (Å²) in [4.78, 5) is 18.1. The maximum absolute atomic E-state index is 13.5.